The van der Waals surface area contributed by atoms with E-state index in [4.69, 9.17) is 4.74 Å². The summed E-state index contributed by atoms with van der Waals surface area (Å²) in [4.78, 5) is 15.4. The highest BCUT2D eigenvalue weighted by Gasteiger charge is 2.36. The lowest BCUT2D eigenvalue weighted by atomic mass is 9.94. The molecular weight excluding hydrogens is 492 g/mol. The minimum Gasteiger partial charge on any atom is -0.477 e. The van der Waals surface area contributed by atoms with Crippen LogP contribution in [0.4, 0.5) is 25.1 Å². The number of carbonyl (C=O) groups excluding carboxylic acids is 1. The number of aryl methyl sites for hydroxylation is 1. The Bertz CT molecular complexity index is 1440. The van der Waals surface area contributed by atoms with Crippen molar-refractivity contribution in [2.75, 3.05) is 29.9 Å². The number of halogens is 2. The molecule has 1 aliphatic heterocycles. The van der Waals surface area contributed by atoms with Crippen molar-refractivity contribution in [3.63, 3.8) is 0 Å². The topological polar surface area (TPSA) is 100 Å². The number of amides is 2. The Morgan fingerprint density at radius 1 is 1.13 bits per heavy atom. The van der Waals surface area contributed by atoms with Crippen LogP contribution in [0, 0.1) is 25.5 Å². The van der Waals surface area contributed by atoms with E-state index in [1.807, 2.05) is 51.1 Å². The molecule has 11 heteroatoms. The summed E-state index contributed by atoms with van der Waals surface area (Å²) in [6, 6.07) is 12.5. The summed E-state index contributed by atoms with van der Waals surface area (Å²) in [5, 5.41) is 17.6. The van der Waals surface area contributed by atoms with Crippen molar-refractivity contribution in [1.29, 1.82) is 0 Å². The van der Waals surface area contributed by atoms with E-state index in [2.05, 4.69) is 30.8 Å². The summed E-state index contributed by atoms with van der Waals surface area (Å²) in [7, 11) is 0. The molecule has 3 heterocycles. The monoisotopic (exact) mass is 521 g/mol. The van der Waals surface area contributed by atoms with Gasteiger partial charge in [-0.3, -0.25) is 10.4 Å². The molecule has 38 heavy (non-hydrogen) atoms. The average molecular weight is 522 g/mol. The number of carbonyl (C=O) groups is 1. The van der Waals surface area contributed by atoms with Gasteiger partial charge in [-0.05, 0) is 50.6 Å². The molecule has 0 radical (unpaired) electrons. The fourth-order valence-corrected chi connectivity index (χ4v) is 4.86. The first-order chi connectivity index (χ1) is 18.4. The van der Waals surface area contributed by atoms with E-state index in [0.717, 1.165) is 23.1 Å². The fourth-order valence-electron chi connectivity index (χ4n) is 4.86. The van der Waals surface area contributed by atoms with E-state index in [1.165, 1.54) is 6.07 Å². The highest BCUT2D eigenvalue weighted by atomic mass is 19.2. The third-order valence-corrected chi connectivity index (χ3v) is 6.74. The van der Waals surface area contributed by atoms with Crippen LogP contribution in [0.15, 0.2) is 54.7 Å². The number of H-pyrrole nitrogens is 1. The number of aromatic nitrogens is 4. The maximum absolute atomic E-state index is 14.1. The first-order valence-corrected chi connectivity index (χ1v) is 12.4. The van der Waals surface area contributed by atoms with Crippen molar-refractivity contribution < 1.29 is 18.3 Å². The molecule has 2 aromatic carbocycles. The van der Waals surface area contributed by atoms with Crippen molar-refractivity contribution in [2.45, 2.75) is 32.7 Å². The molecule has 4 aromatic rings. The van der Waals surface area contributed by atoms with Gasteiger partial charge in [-0.2, -0.15) is 5.10 Å². The van der Waals surface area contributed by atoms with Crippen LogP contribution in [0.25, 0.3) is 5.69 Å². The van der Waals surface area contributed by atoms with Gasteiger partial charge in [0, 0.05) is 19.0 Å². The van der Waals surface area contributed by atoms with E-state index in [-0.39, 0.29) is 5.92 Å². The summed E-state index contributed by atoms with van der Waals surface area (Å²) in [5.74, 6) is -1.22. The fraction of sp³-hybridized carbons (Fsp3) is 0.296. The minimum absolute atomic E-state index is 0.288. The molecule has 2 unspecified atom stereocenters. The molecule has 2 aromatic heterocycles. The van der Waals surface area contributed by atoms with Crippen molar-refractivity contribution in [3.05, 3.63) is 83.2 Å². The number of para-hydroxylation sites is 1. The van der Waals surface area contributed by atoms with E-state index in [9.17, 15) is 13.6 Å². The van der Waals surface area contributed by atoms with Gasteiger partial charge in [0.05, 0.1) is 41.5 Å². The van der Waals surface area contributed by atoms with E-state index in [0.29, 0.717) is 42.5 Å². The Hall–Kier alpha value is -4.41. The summed E-state index contributed by atoms with van der Waals surface area (Å²) in [6.45, 7) is 6.98. The zero-order chi connectivity index (χ0) is 26.8. The number of urea groups is 1. The van der Waals surface area contributed by atoms with Crippen molar-refractivity contribution in [3.8, 4) is 11.6 Å². The molecule has 198 valence electrons. The van der Waals surface area contributed by atoms with Crippen LogP contribution in [0.5, 0.6) is 5.88 Å². The zero-order valence-electron chi connectivity index (χ0n) is 21.3. The van der Waals surface area contributed by atoms with Crippen LogP contribution in [0.2, 0.25) is 0 Å². The molecule has 1 saturated heterocycles. The van der Waals surface area contributed by atoms with Crippen LogP contribution in [-0.2, 0) is 0 Å². The van der Waals surface area contributed by atoms with E-state index in [1.54, 1.807) is 16.9 Å². The van der Waals surface area contributed by atoms with Gasteiger partial charge >= 0.3 is 6.03 Å². The third-order valence-electron chi connectivity index (χ3n) is 6.74. The number of benzene rings is 2. The number of hydrogen-bond donors (Lipinski definition) is 3. The Balaban J connectivity index is 1.42. The lowest BCUT2D eigenvalue weighted by molar-refractivity contribution is 0.248. The van der Waals surface area contributed by atoms with Gasteiger partial charge < -0.3 is 15.0 Å². The number of nitrogens with zero attached hydrogens (tertiary/aromatic N) is 4. The quantitative estimate of drug-likeness (QED) is 0.328. The molecule has 3 N–H and O–H groups in total. The Kier molecular flexibility index (Phi) is 6.99. The molecular formula is C27H29F2N7O2. The summed E-state index contributed by atoms with van der Waals surface area (Å²) < 4.78 is 35.1. The lowest BCUT2D eigenvalue weighted by Crippen LogP contribution is -2.42. The molecule has 0 saturated carbocycles. The van der Waals surface area contributed by atoms with Crippen LogP contribution in [0.1, 0.15) is 29.7 Å². The normalized spacial score (nSPS) is 17.0. The number of aromatic amines is 1. The Labute approximate surface area is 218 Å². The predicted octanol–water partition coefficient (Wildman–Crippen LogP) is 4.68. The summed E-state index contributed by atoms with van der Waals surface area (Å²) in [6.07, 6.45) is 1.72. The zero-order valence-corrected chi connectivity index (χ0v) is 21.3. The second-order valence-corrected chi connectivity index (χ2v) is 9.23. The van der Waals surface area contributed by atoms with Gasteiger partial charge in [0.2, 0.25) is 5.88 Å². The minimum atomic E-state index is -0.922. The van der Waals surface area contributed by atoms with Gasteiger partial charge in [0.1, 0.15) is 5.82 Å². The molecule has 0 spiro atoms. The van der Waals surface area contributed by atoms with E-state index >= 15 is 0 Å². The van der Waals surface area contributed by atoms with Crippen LogP contribution in [-0.4, -0.2) is 51.7 Å². The van der Waals surface area contributed by atoms with Gasteiger partial charge in [-0.1, -0.05) is 24.3 Å². The van der Waals surface area contributed by atoms with Gasteiger partial charge in [-0.25, -0.2) is 18.3 Å². The number of anilines is 2. The Morgan fingerprint density at radius 2 is 1.92 bits per heavy atom. The third kappa shape index (κ3) is 4.91. The number of rotatable bonds is 7. The van der Waals surface area contributed by atoms with Crippen LogP contribution >= 0.6 is 0 Å². The smallest absolute Gasteiger partial charge is 0.320 e. The highest BCUT2D eigenvalue weighted by molar-refractivity contribution is 5.90. The van der Waals surface area contributed by atoms with Crippen LogP contribution < -0.4 is 20.3 Å². The molecule has 0 bridgehead atoms. The summed E-state index contributed by atoms with van der Waals surface area (Å²) in [5.41, 5.74) is 3.82. The second kappa shape index (κ2) is 10.5. The predicted molar refractivity (Wildman–Crippen MR) is 140 cm³/mol. The maximum Gasteiger partial charge on any atom is 0.320 e. The maximum atomic E-state index is 14.1. The molecule has 5 rings (SSSR count). The molecule has 2 atom stereocenters. The van der Waals surface area contributed by atoms with E-state index < -0.39 is 23.7 Å². The van der Waals surface area contributed by atoms with Crippen molar-refractivity contribution >= 4 is 17.5 Å². The number of nitrogens with one attached hydrogen (secondary N) is 3. The largest absolute Gasteiger partial charge is 0.477 e. The first-order valence-electron chi connectivity index (χ1n) is 12.4. The number of hydrogen-bond acceptors (Lipinski definition) is 5. The lowest BCUT2D eigenvalue weighted by Gasteiger charge is -2.21. The van der Waals surface area contributed by atoms with Gasteiger partial charge in [0.15, 0.2) is 11.6 Å². The average Bonchev–Trinajstić information content (AvgIpc) is 3.60. The van der Waals surface area contributed by atoms with Crippen molar-refractivity contribution in [2.24, 2.45) is 0 Å². The van der Waals surface area contributed by atoms with Gasteiger partial charge in [-0.15, -0.1) is 5.10 Å². The number of ether oxygens (including phenoxy) is 1. The first kappa shape index (κ1) is 25.2. The SMILES string of the molecule is CCOc1nn(-c2ccccc2)c(NC(=O)NC2CN(c3cn[nH]c3C)CC2c2ccc(F)c(F)c2)c1C. The molecule has 9 nitrogen and oxygen atoms in total. The Morgan fingerprint density at radius 3 is 2.61 bits per heavy atom. The molecule has 0 aliphatic carbocycles. The van der Waals surface area contributed by atoms with Crippen LogP contribution in [0.3, 0.4) is 0 Å². The van der Waals surface area contributed by atoms with Crippen molar-refractivity contribution in [1.82, 2.24) is 25.3 Å². The molecule has 1 aliphatic rings. The standard InChI is InChI=1S/C27H29F2N7O2/c1-4-38-26-16(2)25(36(34-26)19-8-6-5-7-9-19)32-27(37)31-23-15-35(24-13-30-33-17(24)3)14-20(23)18-10-11-21(28)22(29)12-18/h5-13,20,23H,4,14-15H2,1-3H3,(H,30,33)(H2,31,32,37). The summed E-state index contributed by atoms with van der Waals surface area (Å²) >= 11 is 0. The second-order valence-electron chi connectivity index (χ2n) is 9.23. The molecule has 1 fully saturated rings. The highest BCUT2D eigenvalue weighted by Crippen LogP contribution is 2.33. The van der Waals surface area contributed by atoms with Gasteiger partial charge in [0.25, 0.3) is 0 Å². The molecule has 2 amide bonds.